The molecule has 1 aromatic carbocycles. The van der Waals surface area contributed by atoms with Gasteiger partial charge in [0.2, 0.25) is 0 Å². The smallest absolute Gasteiger partial charge is 0.321 e. The van der Waals surface area contributed by atoms with Gasteiger partial charge in [0.1, 0.15) is 5.82 Å². The maximum Gasteiger partial charge on any atom is 0.321 e. The Kier molecular flexibility index (Phi) is 5.01. The molecular weight excluding hydrogens is 273 g/mol. The van der Waals surface area contributed by atoms with Gasteiger partial charge in [-0.25, -0.2) is 9.18 Å². The number of aliphatic hydroxyl groups excluding tert-OH is 1. The summed E-state index contributed by atoms with van der Waals surface area (Å²) in [5, 5.41) is 11.7. The molecule has 1 aromatic rings. The number of urea groups is 1. The van der Waals surface area contributed by atoms with E-state index in [4.69, 9.17) is 5.11 Å². The molecule has 1 heterocycles. The molecule has 0 aliphatic carbocycles. The molecule has 1 aliphatic rings. The zero-order valence-electron chi connectivity index (χ0n) is 12.5. The summed E-state index contributed by atoms with van der Waals surface area (Å²) in [6.45, 7) is 3.36. The number of rotatable bonds is 4. The lowest BCUT2D eigenvalue weighted by Crippen LogP contribution is -2.40. The first kappa shape index (κ1) is 15.6. The molecule has 0 bridgehead atoms. The van der Waals surface area contributed by atoms with Crippen LogP contribution in [0.1, 0.15) is 19.8 Å². The van der Waals surface area contributed by atoms with Gasteiger partial charge < -0.3 is 20.2 Å². The first-order valence-corrected chi connectivity index (χ1v) is 7.22. The lowest BCUT2D eigenvalue weighted by molar-refractivity contribution is 0.166. The minimum absolute atomic E-state index is 0.119. The number of aliphatic hydroxyl groups is 1. The number of benzene rings is 1. The van der Waals surface area contributed by atoms with Crippen LogP contribution in [0.3, 0.4) is 0 Å². The maximum atomic E-state index is 14.1. The monoisotopic (exact) mass is 295 g/mol. The first-order valence-electron chi connectivity index (χ1n) is 7.22. The number of halogens is 1. The van der Waals surface area contributed by atoms with E-state index in [2.05, 4.69) is 5.32 Å². The Morgan fingerprint density at radius 2 is 2.14 bits per heavy atom. The second kappa shape index (κ2) is 6.76. The van der Waals surface area contributed by atoms with E-state index < -0.39 is 0 Å². The Morgan fingerprint density at radius 3 is 2.71 bits per heavy atom. The van der Waals surface area contributed by atoms with Crippen LogP contribution in [0.4, 0.5) is 20.6 Å². The van der Waals surface area contributed by atoms with E-state index in [0.717, 1.165) is 25.9 Å². The van der Waals surface area contributed by atoms with E-state index in [1.165, 1.54) is 11.0 Å². The third-order valence-corrected chi connectivity index (χ3v) is 3.89. The van der Waals surface area contributed by atoms with Gasteiger partial charge in [0.05, 0.1) is 18.3 Å². The highest BCUT2D eigenvalue weighted by Crippen LogP contribution is 2.26. The van der Waals surface area contributed by atoms with Crippen molar-refractivity contribution < 1.29 is 14.3 Å². The summed E-state index contributed by atoms with van der Waals surface area (Å²) in [6, 6.07) is 4.07. The average Bonchev–Trinajstić information content (AvgIpc) is 2.99. The SMILES string of the molecule is C[C@@H](CO)N(C)C(=O)Nc1ccc(N2CCCC2)c(F)c1. The van der Waals surface area contributed by atoms with E-state index in [9.17, 15) is 9.18 Å². The summed E-state index contributed by atoms with van der Waals surface area (Å²) in [5.41, 5.74) is 1.00. The van der Waals surface area contributed by atoms with Crippen molar-refractivity contribution in [1.82, 2.24) is 4.90 Å². The van der Waals surface area contributed by atoms with Gasteiger partial charge >= 0.3 is 6.03 Å². The highest BCUT2D eigenvalue weighted by Gasteiger charge is 2.18. The summed E-state index contributed by atoms with van der Waals surface area (Å²) in [7, 11) is 1.59. The van der Waals surface area contributed by atoms with Crippen molar-refractivity contribution in [1.29, 1.82) is 0 Å². The molecule has 2 N–H and O–H groups in total. The predicted molar refractivity (Wildman–Crippen MR) is 81.2 cm³/mol. The first-order chi connectivity index (χ1) is 10.0. The van der Waals surface area contributed by atoms with Crippen LogP contribution in [0.25, 0.3) is 0 Å². The normalized spacial score (nSPS) is 15.9. The van der Waals surface area contributed by atoms with E-state index in [1.54, 1.807) is 26.1 Å². The van der Waals surface area contributed by atoms with Crippen LogP contribution in [0.2, 0.25) is 0 Å². The molecule has 0 radical (unpaired) electrons. The van der Waals surface area contributed by atoms with E-state index in [1.807, 2.05) is 4.90 Å². The van der Waals surface area contributed by atoms with Crippen LogP contribution >= 0.6 is 0 Å². The van der Waals surface area contributed by atoms with Crippen LogP contribution < -0.4 is 10.2 Å². The van der Waals surface area contributed by atoms with Crippen molar-refractivity contribution in [3.63, 3.8) is 0 Å². The van der Waals surface area contributed by atoms with Gasteiger partial charge in [-0.3, -0.25) is 0 Å². The standard InChI is InChI=1S/C15H22FN3O2/c1-11(10-20)18(2)15(21)17-12-5-6-14(13(16)9-12)19-7-3-4-8-19/h5-6,9,11,20H,3-4,7-8,10H2,1-2H3,(H,17,21)/t11-/m0/s1. The van der Waals surface area contributed by atoms with Gasteiger partial charge in [-0.15, -0.1) is 0 Å². The Balaban J connectivity index is 2.04. The van der Waals surface area contributed by atoms with Crippen molar-refractivity contribution in [3.05, 3.63) is 24.0 Å². The number of carbonyl (C=O) groups is 1. The van der Waals surface area contributed by atoms with Gasteiger partial charge in [-0.1, -0.05) is 0 Å². The number of carbonyl (C=O) groups excluding carboxylic acids is 1. The van der Waals surface area contributed by atoms with Gasteiger partial charge in [-0.05, 0) is 38.0 Å². The lowest BCUT2D eigenvalue weighted by atomic mass is 10.2. The molecule has 0 spiro atoms. The molecule has 1 saturated heterocycles. The summed E-state index contributed by atoms with van der Waals surface area (Å²) >= 11 is 0. The highest BCUT2D eigenvalue weighted by molar-refractivity contribution is 5.89. The molecule has 0 aromatic heterocycles. The average molecular weight is 295 g/mol. The molecule has 1 fully saturated rings. The summed E-state index contributed by atoms with van der Waals surface area (Å²) in [5.74, 6) is -0.326. The van der Waals surface area contributed by atoms with E-state index >= 15 is 0 Å². The third kappa shape index (κ3) is 3.64. The van der Waals surface area contributed by atoms with E-state index in [-0.39, 0.29) is 24.5 Å². The fourth-order valence-corrected chi connectivity index (χ4v) is 2.33. The van der Waals surface area contributed by atoms with Crippen LogP contribution in [0.5, 0.6) is 0 Å². The Hall–Kier alpha value is -1.82. The molecule has 0 saturated carbocycles. The second-order valence-electron chi connectivity index (χ2n) is 5.43. The Labute approximate surface area is 124 Å². The molecule has 0 unspecified atom stereocenters. The quantitative estimate of drug-likeness (QED) is 0.896. The van der Waals surface area contributed by atoms with Crippen molar-refractivity contribution in [2.45, 2.75) is 25.8 Å². The van der Waals surface area contributed by atoms with Crippen LogP contribution in [-0.2, 0) is 0 Å². The summed E-state index contributed by atoms with van der Waals surface area (Å²) in [6.07, 6.45) is 2.17. The number of hydrogen-bond donors (Lipinski definition) is 2. The zero-order chi connectivity index (χ0) is 15.4. The molecule has 2 amide bonds. The number of nitrogens with one attached hydrogen (secondary N) is 1. The number of amides is 2. The summed E-state index contributed by atoms with van der Waals surface area (Å²) < 4.78 is 14.1. The van der Waals surface area contributed by atoms with Gasteiger partial charge in [-0.2, -0.15) is 0 Å². The number of likely N-dealkylation sites (N-methyl/N-ethyl adjacent to an activating group) is 1. The molecule has 1 aliphatic heterocycles. The largest absolute Gasteiger partial charge is 0.394 e. The van der Waals surface area contributed by atoms with Gasteiger partial charge in [0.15, 0.2) is 0 Å². The Morgan fingerprint density at radius 1 is 1.48 bits per heavy atom. The van der Waals surface area contributed by atoms with Gasteiger partial charge in [0.25, 0.3) is 0 Å². The van der Waals surface area contributed by atoms with Crippen molar-refractivity contribution in [2.75, 3.05) is 37.0 Å². The van der Waals surface area contributed by atoms with Crippen molar-refractivity contribution in [2.24, 2.45) is 0 Å². The fraction of sp³-hybridized carbons (Fsp3) is 0.533. The van der Waals surface area contributed by atoms with Crippen LogP contribution in [0, 0.1) is 5.82 Å². The molecule has 21 heavy (non-hydrogen) atoms. The topological polar surface area (TPSA) is 55.8 Å². The zero-order valence-corrected chi connectivity index (χ0v) is 12.5. The summed E-state index contributed by atoms with van der Waals surface area (Å²) in [4.78, 5) is 15.3. The van der Waals surface area contributed by atoms with E-state index in [0.29, 0.717) is 11.4 Å². The predicted octanol–water partition coefficient (Wildman–Crippen LogP) is 2.27. The minimum atomic E-state index is -0.370. The number of nitrogens with zero attached hydrogens (tertiary/aromatic N) is 2. The fourth-order valence-electron chi connectivity index (χ4n) is 2.33. The second-order valence-corrected chi connectivity index (χ2v) is 5.43. The highest BCUT2D eigenvalue weighted by atomic mass is 19.1. The van der Waals surface area contributed by atoms with Crippen molar-refractivity contribution in [3.8, 4) is 0 Å². The molecular formula is C15H22FN3O2. The molecule has 1 atom stereocenters. The molecule has 5 nitrogen and oxygen atoms in total. The minimum Gasteiger partial charge on any atom is -0.394 e. The maximum absolute atomic E-state index is 14.1. The Bertz CT molecular complexity index is 504. The number of hydrogen-bond acceptors (Lipinski definition) is 3. The van der Waals surface area contributed by atoms with Crippen LogP contribution in [-0.4, -0.2) is 48.8 Å². The molecule has 2 rings (SSSR count). The van der Waals surface area contributed by atoms with Gasteiger partial charge in [0, 0.05) is 25.8 Å². The third-order valence-electron chi connectivity index (χ3n) is 3.89. The molecule has 6 heteroatoms. The van der Waals surface area contributed by atoms with Crippen molar-refractivity contribution >= 4 is 17.4 Å². The lowest BCUT2D eigenvalue weighted by Gasteiger charge is -2.24. The molecule has 116 valence electrons. The number of anilines is 2. The van der Waals surface area contributed by atoms with Crippen LogP contribution in [0.15, 0.2) is 18.2 Å².